The zero-order chi connectivity index (χ0) is 44.5. The van der Waals surface area contributed by atoms with Crippen molar-refractivity contribution in [2.45, 2.75) is 81.2 Å². The lowest BCUT2D eigenvalue weighted by atomic mass is 10.0. The Kier molecular flexibility index (Phi) is 13.8. The van der Waals surface area contributed by atoms with E-state index in [4.69, 9.17) is 39.5 Å². The van der Waals surface area contributed by atoms with Gasteiger partial charge in [0.1, 0.15) is 21.9 Å². The summed E-state index contributed by atoms with van der Waals surface area (Å²) in [5.74, 6) is -0.367. The van der Waals surface area contributed by atoms with Crippen LogP contribution in [-0.4, -0.2) is 129 Å². The molecule has 7 rings (SSSR count). The third-order valence-electron chi connectivity index (χ3n) is 12.1. The molecule has 0 spiro atoms. The summed E-state index contributed by atoms with van der Waals surface area (Å²) < 4.78 is 49.6. The number of halogens is 6. The van der Waals surface area contributed by atoms with E-state index in [9.17, 15) is 32.3 Å². The van der Waals surface area contributed by atoms with E-state index in [1.54, 1.807) is 40.3 Å². The number of aromatic amines is 1. The first-order valence-electron chi connectivity index (χ1n) is 20.8. The lowest BCUT2D eigenvalue weighted by molar-refractivity contribution is -0.274. The van der Waals surface area contributed by atoms with Crippen molar-refractivity contribution in [2.75, 3.05) is 58.2 Å². The number of nitrogens with one attached hydrogen (secondary N) is 3. The smallest absolute Gasteiger partial charge is 0.453 e. The lowest BCUT2D eigenvalue weighted by Gasteiger charge is -2.42. The molecule has 62 heavy (non-hydrogen) atoms. The Morgan fingerprint density at radius 3 is 2.27 bits per heavy atom. The molecule has 0 bridgehead atoms. The predicted octanol–water partition coefficient (Wildman–Crippen LogP) is 8.06. The van der Waals surface area contributed by atoms with E-state index in [2.05, 4.69) is 30.2 Å². The van der Waals surface area contributed by atoms with Gasteiger partial charge in [0.25, 0.3) is 0 Å². The normalized spacial score (nSPS) is 22.3. The zero-order valence-electron chi connectivity index (χ0n) is 34.6. The molecule has 3 unspecified atom stereocenters. The third-order valence-corrected chi connectivity index (χ3v) is 13.3. The molecular formula is C42H50Cl3F3N8O6. The van der Waals surface area contributed by atoms with Gasteiger partial charge in [-0.25, -0.2) is 14.6 Å². The molecular weight excluding hydrogens is 876 g/mol. The molecule has 3 aliphatic heterocycles. The highest BCUT2D eigenvalue weighted by Gasteiger charge is 2.57. The van der Waals surface area contributed by atoms with Crippen LogP contribution >= 0.6 is 34.8 Å². The van der Waals surface area contributed by atoms with Gasteiger partial charge in [-0.2, -0.15) is 0 Å². The highest BCUT2D eigenvalue weighted by molar-refractivity contribution is 6.52. The third kappa shape index (κ3) is 10.5. The molecule has 0 radical (unpaired) electrons. The Hall–Kier alpha value is -4.45. The van der Waals surface area contributed by atoms with Gasteiger partial charge in [-0.05, 0) is 55.2 Å². The quantitative estimate of drug-likeness (QED) is 0.164. The number of carbonyl (C=O) groups excluding carboxylic acids is 4. The molecule has 1 aliphatic carbocycles. The minimum absolute atomic E-state index is 0.00344. The Balaban J connectivity index is 0.991. The number of piperazine rings is 1. The van der Waals surface area contributed by atoms with Gasteiger partial charge in [-0.1, -0.05) is 56.1 Å². The largest absolute Gasteiger partial charge is 0.573 e. The van der Waals surface area contributed by atoms with Gasteiger partial charge >= 0.3 is 18.5 Å². The number of piperidine rings is 1. The molecule has 14 nitrogen and oxygen atoms in total. The molecule has 4 heterocycles. The van der Waals surface area contributed by atoms with Crippen LogP contribution in [0, 0.1) is 11.8 Å². The molecule has 2 aromatic carbocycles. The number of alkyl halides is 5. The number of aromatic nitrogens is 2. The Labute approximate surface area is 372 Å². The van der Waals surface area contributed by atoms with Crippen LogP contribution in [0.25, 0.3) is 22.4 Å². The molecule has 336 valence electrons. The minimum atomic E-state index is -5.04. The van der Waals surface area contributed by atoms with E-state index < -0.39 is 34.6 Å². The maximum atomic E-state index is 13.8. The summed E-state index contributed by atoms with van der Waals surface area (Å²) in [4.78, 5) is 67.1. The van der Waals surface area contributed by atoms with Gasteiger partial charge in [-0.3, -0.25) is 14.5 Å². The van der Waals surface area contributed by atoms with Crippen LogP contribution in [0.5, 0.6) is 5.75 Å². The molecule has 4 fully saturated rings. The average Bonchev–Trinajstić information content (AvgIpc) is 3.52. The molecule has 3 saturated heterocycles. The van der Waals surface area contributed by atoms with E-state index in [1.165, 1.54) is 13.2 Å². The predicted molar refractivity (Wildman–Crippen MR) is 228 cm³/mol. The van der Waals surface area contributed by atoms with Crippen molar-refractivity contribution in [1.29, 1.82) is 0 Å². The van der Waals surface area contributed by atoms with Crippen molar-refractivity contribution in [3.05, 3.63) is 53.4 Å². The molecule has 5 amide bonds. The van der Waals surface area contributed by atoms with E-state index >= 15 is 0 Å². The Morgan fingerprint density at radius 1 is 1.00 bits per heavy atom. The molecule has 4 aliphatic rings. The van der Waals surface area contributed by atoms with Gasteiger partial charge in [0.05, 0.1) is 41.7 Å². The number of alkyl carbamates (subject to hydrolysis) is 1. The zero-order valence-corrected chi connectivity index (χ0v) is 36.8. The van der Waals surface area contributed by atoms with Gasteiger partial charge in [0, 0.05) is 63.5 Å². The molecule has 1 aromatic heterocycles. The summed E-state index contributed by atoms with van der Waals surface area (Å²) in [6, 6.07) is 7.72. The van der Waals surface area contributed by atoms with Crippen molar-refractivity contribution >= 4 is 64.4 Å². The number of anilines is 1. The SMILES string of the molecule is CCC[C@H](NC(=O)OC)C(=O)N1CC(C)CC1c1ncc(-c2ccc(-c3cc(Cl)c(NC(=O)N4CCN(C5CCN(C(=O)C6CC6(Cl)Cl)CC5)CC4)cc3OC(F)(F)F)cc2)[nH]1. The molecule has 3 N–H and O–H groups in total. The maximum Gasteiger partial charge on any atom is 0.573 e. The Morgan fingerprint density at radius 2 is 1.66 bits per heavy atom. The first-order chi connectivity index (χ1) is 29.4. The second-order valence-electron chi connectivity index (χ2n) is 16.5. The fourth-order valence-electron chi connectivity index (χ4n) is 8.70. The number of methoxy groups -OCH3 is 1. The number of urea groups is 1. The first-order valence-corrected chi connectivity index (χ1v) is 21.9. The first kappa shape index (κ1) is 45.6. The van der Waals surface area contributed by atoms with Gasteiger partial charge in [0.15, 0.2) is 0 Å². The number of hydrogen-bond donors (Lipinski definition) is 3. The second kappa shape index (κ2) is 18.7. The topological polar surface area (TPSA) is 152 Å². The number of nitrogens with zero attached hydrogens (tertiary/aromatic N) is 5. The number of likely N-dealkylation sites (tertiary alicyclic amines) is 2. The van der Waals surface area contributed by atoms with Gasteiger partial charge < -0.3 is 39.8 Å². The van der Waals surface area contributed by atoms with E-state index in [0.29, 0.717) is 94.1 Å². The molecule has 4 atom stereocenters. The summed E-state index contributed by atoms with van der Waals surface area (Å²) >= 11 is 18.8. The van der Waals surface area contributed by atoms with E-state index in [-0.39, 0.29) is 52.0 Å². The number of carbonyl (C=O) groups is 4. The van der Waals surface area contributed by atoms with Crippen molar-refractivity contribution < 1.29 is 41.8 Å². The maximum absolute atomic E-state index is 13.8. The summed E-state index contributed by atoms with van der Waals surface area (Å²) in [6.45, 7) is 7.65. The van der Waals surface area contributed by atoms with Crippen LogP contribution in [-0.2, 0) is 14.3 Å². The minimum Gasteiger partial charge on any atom is -0.453 e. The summed E-state index contributed by atoms with van der Waals surface area (Å²) in [7, 11) is 1.25. The van der Waals surface area contributed by atoms with Crippen LogP contribution in [0.15, 0.2) is 42.6 Å². The van der Waals surface area contributed by atoms with Crippen LogP contribution in [0.4, 0.5) is 28.4 Å². The number of amides is 5. The second-order valence-corrected chi connectivity index (χ2v) is 18.4. The van der Waals surface area contributed by atoms with Gasteiger partial charge in [0.2, 0.25) is 11.8 Å². The van der Waals surface area contributed by atoms with E-state index in [1.807, 2.05) is 18.7 Å². The Bertz CT molecular complexity index is 2130. The highest BCUT2D eigenvalue weighted by Crippen LogP contribution is 2.54. The molecule has 20 heteroatoms. The van der Waals surface area contributed by atoms with Crippen molar-refractivity contribution in [2.24, 2.45) is 11.8 Å². The molecule has 1 saturated carbocycles. The summed E-state index contributed by atoms with van der Waals surface area (Å²) in [5, 5.41) is 5.34. The number of benzene rings is 2. The number of imidazole rings is 1. The van der Waals surface area contributed by atoms with Crippen molar-refractivity contribution in [3.63, 3.8) is 0 Å². The van der Waals surface area contributed by atoms with Gasteiger partial charge in [-0.15, -0.1) is 36.4 Å². The van der Waals surface area contributed by atoms with Crippen LogP contribution in [0.3, 0.4) is 0 Å². The van der Waals surface area contributed by atoms with Crippen LogP contribution < -0.4 is 15.4 Å². The van der Waals surface area contributed by atoms with Crippen LogP contribution in [0.1, 0.15) is 64.2 Å². The van der Waals surface area contributed by atoms with E-state index in [0.717, 1.165) is 18.9 Å². The van der Waals surface area contributed by atoms with Crippen molar-refractivity contribution in [3.8, 4) is 28.1 Å². The highest BCUT2D eigenvalue weighted by atomic mass is 35.5. The number of rotatable bonds is 11. The standard InChI is InChI=1S/C42H50Cl3F3N8O6/c1-4-5-31(52-40(60)61-3)38(58)56-23-24(2)18-34(56)36-49-22-33(50-36)26-8-6-25(7-9-26)28-19-30(43)32(20-35(28)62-42(46,47)48)51-39(59)55-16-14-53(15-17-55)27-10-12-54(13-11-27)37(57)29-21-41(29,44)45/h6-9,19-20,22,24,27,29,31,34H,4-5,10-18,21,23H2,1-3H3,(H,49,50)(H,51,59)(H,52,60)/t24?,29?,31-,34?/m0/s1. The lowest BCUT2D eigenvalue weighted by Crippen LogP contribution is -2.55. The molecule has 3 aromatic rings. The fraction of sp³-hybridized carbons (Fsp3) is 0.548. The number of hydrogen-bond acceptors (Lipinski definition) is 8. The monoisotopic (exact) mass is 924 g/mol. The summed E-state index contributed by atoms with van der Waals surface area (Å²) in [6.07, 6.45) is -0.257. The van der Waals surface area contributed by atoms with Crippen LogP contribution in [0.2, 0.25) is 5.02 Å². The number of ether oxygens (including phenoxy) is 2. The summed E-state index contributed by atoms with van der Waals surface area (Å²) in [5.41, 5.74) is 1.71. The fourth-order valence-corrected chi connectivity index (χ4v) is 9.41. The number of H-pyrrole nitrogens is 1. The van der Waals surface area contributed by atoms with Crippen molar-refractivity contribution in [1.82, 2.24) is 34.9 Å². The average molecular weight is 926 g/mol.